The molecule has 0 aliphatic rings. The Morgan fingerprint density at radius 1 is 1.07 bits per heavy atom. The van der Waals surface area contributed by atoms with E-state index in [0.717, 1.165) is 4.31 Å². The number of aromatic nitrogens is 1. The molecule has 0 atom stereocenters. The van der Waals surface area contributed by atoms with Crippen LogP contribution in [0.2, 0.25) is 5.02 Å². The number of halogens is 1. The van der Waals surface area contributed by atoms with E-state index in [0.29, 0.717) is 27.4 Å². The lowest BCUT2D eigenvalue weighted by Gasteiger charge is -2.21. The summed E-state index contributed by atoms with van der Waals surface area (Å²) in [5, 5.41) is 10.4. The number of nitrogens with zero attached hydrogens (tertiary/aromatic N) is 1. The second kappa shape index (κ2) is 9.05. The lowest BCUT2D eigenvalue weighted by atomic mass is 10.1. The fourth-order valence-corrected chi connectivity index (χ4v) is 4.57. The predicted molar refractivity (Wildman–Crippen MR) is 114 cm³/mol. The van der Waals surface area contributed by atoms with Crippen molar-refractivity contribution in [2.45, 2.75) is 11.4 Å². The van der Waals surface area contributed by atoms with Gasteiger partial charge in [0.05, 0.1) is 31.2 Å². The molecule has 2 N–H and O–H groups in total. The highest BCUT2D eigenvalue weighted by Crippen LogP contribution is 2.31. The highest BCUT2D eigenvalue weighted by atomic mass is 35.5. The zero-order valence-corrected chi connectivity index (χ0v) is 18.0. The molecule has 8 nitrogen and oxygen atoms in total. The van der Waals surface area contributed by atoms with Crippen LogP contribution in [0, 0.1) is 0 Å². The fourth-order valence-electron chi connectivity index (χ4n) is 3.04. The first kappa shape index (κ1) is 22.1. The average Bonchev–Trinajstić information content (AvgIpc) is 2.73. The summed E-state index contributed by atoms with van der Waals surface area (Å²) in [7, 11) is -0.966. The summed E-state index contributed by atoms with van der Waals surface area (Å²) in [4.78, 5) is 15.4. The van der Waals surface area contributed by atoms with Gasteiger partial charge in [-0.05, 0) is 36.4 Å². The van der Waals surface area contributed by atoms with Crippen LogP contribution in [-0.4, -0.2) is 50.2 Å². The maximum absolute atomic E-state index is 13.0. The normalized spacial score (nSPS) is 11.8. The molecule has 1 heterocycles. The Hall–Kier alpha value is -2.59. The number of pyridine rings is 1. The molecule has 1 aromatic heterocycles. The van der Waals surface area contributed by atoms with E-state index in [2.05, 4.69) is 4.98 Å². The molecule has 0 spiro atoms. The summed E-state index contributed by atoms with van der Waals surface area (Å²) in [6.07, 6.45) is 0. The lowest BCUT2D eigenvalue weighted by molar-refractivity contribution is 0.251. The molecule has 3 aromatic rings. The summed E-state index contributed by atoms with van der Waals surface area (Å²) < 4.78 is 37.6. The molecule has 0 fully saturated rings. The van der Waals surface area contributed by atoms with Crippen LogP contribution >= 0.6 is 11.6 Å². The van der Waals surface area contributed by atoms with E-state index < -0.39 is 22.2 Å². The second-order valence-corrected chi connectivity index (χ2v) is 8.81. The van der Waals surface area contributed by atoms with Gasteiger partial charge in [-0.1, -0.05) is 11.6 Å². The van der Waals surface area contributed by atoms with Gasteiger partial charge in [0.1, 0.15) is 0 Å². The van der Waals surface area contributed by atoms with Crippen molar-refractivity contribution >= 4 is 32.5 Å². The predicted octanol–water partition coefficient (Wildman–Crippen LogP) is 2.38. The summed E-state index contributed by atoms with van der Waals surface area (Å²) in [5.74, 6) is 0.935. The highest BCUT2D eigenvalue weighted by Gasteiger charge is 2.25. The third-order valence-electron chi connectivity index (χ3n) is 4.57. The summed E-state index contributed by atoms with van der Waals surface area (Å²) in [6.45, 7) is -0.789. The molecule has 0 unspecified atom stereocenters. The molecule has 0 radical (unpaired) electrons. The van der Waals surface area contributed by atoms with Crippen molar-refractivity contribution in [3.05, 3.63) is 63.4 Å². The Morgan fingerprint density at radius 3 is 2.30 bits per heavy atom. The number of benzene rings is 2. The van der Waals surface area contributed by atoms with Crippen molar-refractivity contribution in [3.8, 4) is 11.5 Å². The van der Waals surface area contributed by atoms with Gasteiger partial charge in [0.25, 0.3) is 5.56 Å². The molecule has 30 heavy (non-hydrogen) atoms. The van der Waals surface area contributed by atoms with Gasteiger partial charge in [0.15, 0.2) is 11.5 Å². The molecule has 3 rings (SSSR count). The Balaban J connectivity index is 2.03. The number of aromatic amines is 1. The average molecular weight is 453 g/mol. The van der Waals surface area contributed by atoms with Crippen LogP contribution in [0.1, 0.15) is 5.56 Å². The molecule has 0 bridgehead atoms. The standard InChI is InChI=1S/C20H21ClN2O6S/c1-28-18-10-13-9-14(20(25)22-17(13)11-19(18)29-2)12-23(7-8-24)30(26,27)16-5-3-15(21)4-6-16/h3-6,9-11,24H,7-8,12H2,1-2H3,(H,22,25). The van der Waals surface area contributed by atoms with Crippen LogP contribution in [0.15, 0.2) is 52.2 Å². The highest BCUT2D eigenvalue weighted by molar-refractivity contribution is 7.89. The molecule has 10 heteroatoms. The number of rotatable bonds is 8. The fraction of sp³-hybridized carbons (Fsp3) is 0.250. The van der Waals surface area contributed by atoms with Gasteiger partial charge >= 0.3 is 0 Å². The van der Waals surface area contributed by atoms with Crippen molar-refractivity contribution in [1.29, 1.82) is 0 Å². The minimum absolute atomic E-state index is 0.0176. The smallest absolute Gasteiger partial charge is 0.252 e. The van der Waals surface area contributed by atoms with E-state index in [1.54, 1.807) is 18.2 Å². The van der Waals surface area contributed by atoms with E-state index in [1.807, 2.05) is 0 Å². The Morgan fingerprint density at radius 2 is 1.70 bits per heavy atom. The van der Waals surface area contributed by atoms with Crippen LogP contribution in [0.25, 0.3) is 10.9 Å². The number of H-pyrrole nitrogens is 1. The van der Waals surface area contributed by atoms with E-state index in [-0.39, 0.29) is 23.5 Å². The Kier molecular flexibility index (Phi) is 6.67. The van der Waals surface area contributed by atoms with Gasteiger partial charge in [-0.15, -0.1) is 0 Å². The van der Waals surface area contributed by atoms with Crippen molar-refractivity contribution in [2.75, 3.05) is 27.4 Å². The molecule has 0 amide bonds. The summed E-state index contributed by atoms with van der Waals surface area (Å²) in [6, 6.07) is 10.6. The second-order valence-electron chi connectivity index (χ2n) is 6.43. The van der Waals surface area contributed by atoms with Gasteiger partial charge in [0.2, 0.25) is 10.0 Å². The first-order valence-corrected chi connectivity index (χ1v) is 10.8. The number of nitrogens with one attached hydrogen (secondary N) is 1. The van der Waals surface area contributed by atoms with Gasteiger partial charge in [-0.25, -0.2) is 8.42 Å². The SMILES string of the molecule is COc1cc2cc(CN(CCO)S(=O)(=O)c3ccc(Cl)cc3)c(=O)[nH]c2cc1OC. The van der Waals surface area contributed by atoms with Gasteiger partial charge in [-0.3, -0.25) is 4.79 Å². The van der Waals surface area contributed by atoms with Crippen molar-refractivity contribution in [2.24, 2.45) is 0 Å². The minimum atomic E-state index is -3.95. The number of sulfonamides is 1. The maximum atomic E-state index is 13.0. The van der Waals surface area contributed by atoms with Gasteiger partial charge in [0, 0.05) is 35.1 Å². The van der Waals surface area contributed by atoms with Gasteiger partial charge in [-0.2, -0.15) is 4.31 Å². The van der Waals surface area contributed by atoms with Crippen molar-refractivity contribution in [3.63, 3.8) is 0 Å². The number of hydrogen-bond acceptors (Lipinski definition) is 6. The van der Waals surface area contributed by atoms with Gasteiger partial charge < -0.3 is 19.6 Å². The van der Waals surface area contributed by atoms with Crippen molar-refractivity contribution < 1.29 is 23.0 Å². The number of methoxy groups -OCH3 is 2. The molecule has 0 saturated carbocycles. The summed E-state index contributed by atoms with van der Waals surface area (Å²) >= 11 is 5.84. The maximum Gasteiger partial charge on any atom is 0.252 e. The molecular weight excluding hydrogens is 432 g/mol. The number of aliphatic hydroxyl groups is 1. The minimum Gasteiger partial charge on any atom is -0.493 e. The molecule has 0 saturated heterocycles. The monoisotopic (exact) mass is 452 g/mol. The quantitative estimate of drug-likeness (QED) is 0.543. The lowest BCUT2D eigenvalue weighted by Crippen LogP contribution is -2.35. The molecule has 0 aliphatic carbocycles. The van der Waals surface area contributed by atoms with E-state index in [1.165, 1.54) is 38.5 Å². The van der Waals surface area contributed by atoms with Crippen LogP contribution in [-0.2, 0) is 16.6 Å². The molecular formula is C20H21ClN2O6S. The zero-order valence-electron chi connectivity index (χ0n) is 16.4. The summed E-state index contributed by atoms with van der Waals surface area (Å²) in [5.41, 5.74) is 0.306. The van der Waals surface area contributed by atoms with Crippen LogP contribution in [0.5, 0.6) is 11.5 Å². The topological polar surface area (TPSA) is 109 Å². The van der Waals surface area contributed by atoms with E-state index in [9.17, 15) is 18.3 Å². The number of ether oxygens (including phenoxy) is 2. The van der Waals surface area contributed by atoms with Crippen LogP contribution < -0.4 is 15.0 Å². The number of fused-ring (bicyclic) bond motifs is 1. The Labute approximate surface area is 178 Å². The molecule has 160 valence electrons. The largest absolute Gasteiger partial charge is 0.493 e. The first-order chi connectivity index (χ1) is 14.3. The Bertz CT molecular complexity index is 1210. The third-order valence-corrected chi connectivity index (χ3v) is 6.68. The van der Waals surface area contributed by atoms with E-state index >= 15 is 0 Å². The molecule has 0 aliphatic heterocycles. The first-order valence-electron chi connectivity index (χ1n) is 8.94. The van der Waals surface area contributed by atoms with Crippen LogP contribution in [0.3, 0.4) is 0 Å². The van der Waals surface area contributed by atoms with Crippen LogP contribution in [0.4, 0.5) is 0 Å². The van der Waals surface area contributed by atoms with E-state index in [4.69, 9.17) is 21.1 Å². The number of aliphatic hydroxyl groups excluding tert-OH is 1. The third kappa shape index (κ3) is 4.44. The number of hydrogen-bond donors (Lipinski definition) is 2. The zero-order chi connectivity index (χ0) is 21.9. The molecule has 2 aromatic carbocycles. The van der Waals surface area contributed by atoms with Crippen molar-refractivity contribution in [1.82, 2.24) is 9.29 Å².